The van der Waals surface area contributed by atoms with Crippen LogP contribution in [0.25, 0.3) is 0 Å². The van der Waals surface area contributed by atoms with Crippen molar-refractivity contribution >= 4 is 28.9 Å². The molecular weight excluding hydrogens is 373 g/mol. The molecule has 9 heteroatoms. The lowest BCUT2D eigenvalue weighted by Gasteiger charge is -2.16. The van der Waals surface area contributed by atoms with Gasteiger partial charge in [-0.3, -0.25) is 15.6 Å². The summed E-state index contributed by atoms with van der Waals surface area (Å²) in [7, 11) is 4.47. The number of hydrazine groups is 1. The first-order valence-electron chi connectivity index (χ1n) is 7.88. The van der Waals surface area contributed by atoms with Crippen molar-refractivity contribution in [2.75, 3.05) is 26.6 Å². The fourth-order valence-corrected chi connectivity index (χ4v) is 2.52. The highest BCUT2D eigenvalue weighted by Crippen LogP contribution is 2.39. The van der Waals surface area contributed by atoms with Crippen LogP contribution < -0.4 is 30.4 Å². The van der Waals surface area contributed by atoms with Gasteiger partial charge in [0.25, 0.3) is 0 Å². The largest absolute Gasteiger partial charge is 0.493 e. The first-order valence-corrected chi connectivity index (χ1v) is 8.29. The molecular formula is C18H20FN3O4S. The van der Waals surface area contributed by atoms with Gasteiger partial charge in [0.15, 0.2) is 16.6 Å². The maximum Gasteiger partial charge on any atom is 0.242 e. The van der Waals surface area contributed by atoms with Gasteiger partial charge in [0.1, 0.15) is 5.82 Å². The van der Waals surface area contributed by atoms with Gasteiger partial charge in [-0.05, 0) is 30.4 Å². The van der Waals surface area contributed by atoms with Crippen molar-refractivity contribution in [1.82, 2.24) is 10.9 Å². The third kappa shape index (κ3) is 5.20. The Bertz CT molecular complexity index is 832. The van der Waals surface area contributed by atoms with Crippen LogP contribution in [-0.2, 0) is 11.2 Å². The van der Waals surface area contributed by atoms with E-state index in [0.717, 1.165) is 0 Å². The number of halogens is 1. The summed E-state index contributed by atoms with van der Waals surface area (Å²) in [6.07, 6.45) is -0.00115. The zero-order valence-corrected chi connectivity index (χ0v) is 15.9. The number of ether oxygens (including phenoxy) is 3. The van der Waals surface area contributed by atoms with Gasteiger partial charge in [0.05, 0.1) is 33.4 Å². The Morgan fingerprint density at radius 3 is 2.33 bits per heavy atom. The molecule has 0 saturated carbocycles. The molecule has 0 atom stereocenters. The molecule has 27 heavy (non-hydrogen) atoms. The minimum absolute atomic E-state index is 0.00115. The summed E-state index contributed by atoms with van der Waals surface area (Å²) in [5.41, 5.74) is 5.77. The lowest BCUT2D eigenvalue weighted by atomic mass is 10.1. The molecule has 0 fully saturated rings. The van der Waals surface area contributed by atoms with Crippen LogP contribution in [0.2, 0.25) is 0 Å². The molecule has 0 aliphatic heterocycles. The van der Waals surface area contributed by atoms with Crippen LogP contribution in [0.1, 0.15) is 5.56 Å². The van der Waals surface area contributed by atoms with E-state index in [1.165, 1.54) is 33.5 Å². The third-order valence-corrected chi connectivity index (χ3v) is 3.78. The van der Waals surface area contributed by atoms with Crippen molar-refractivity contribution in [3.05, 3.63) is 47.8 Å². The Morgan fingerprint density at radius 2 is 1.70 bits per heavy atom. The van der Waals surface area contributed by atoms with Crippen molar-refractivity contribution in [3.8, 4) is 17.2 Å². The second-order valence-electron chi connectivity index (χ2n) is 5.28. The average molecular weight is 393 g/mol. The quantitative estimate of drug-likeness (QED) is 0.514. The van der Waals surface area contributed by atoms with Crippen molar-refractivity contribution in [2.45, 2.75) is 6.42 Å². The van der Waals surface area contributed by atoms with E-state index in [0.29, 0.717) is 22.8 Å². The number of anilines is 1. The molecule has 7 nitrogen and oxygen atoms in total. The Hall–Kier alpha value is -3.07. The molecule has 2 aromatic rings. The molecule has 3 N–H and O–H groups in total. The number of benzene rings is 2. The number of carbonyl (C=O) groups is 1. The predicted octanol–water partition coefficient (Wildman–Crippen LogP) is 2.41. The summed E-state index contributed by atoms with van der Waals surface area (Å²) in [4.78, 5) is 12.2. The predicted molar refractivity (Wildman–Crippen MR) is 104 cm³/mol. The molecule has 0 aliphatic rings. The van der Waals surface area contributed by atoms with Crippen LogP contribution in [0.4, 0.5) is 10.1 Å². The molecule has 0 aliphatic carbocycles. The van der Waals surface area contributed by atoms with Crippen LogP contribution in [0.5, 0.6) is 17.2 Å². The number of methoxy groups -OCH3 is 3. The fourth-order valence-electron chi connectivity index (χ4n) is 2.36. The fraction of sp³-hybridized carbons (Fsp3) is 0.222. The van der Waals surface area contributed by atoms with E-state index in [1.54, 1.807) is 24.3 Å². The van der Waals surface area contributed by atoms with E-state index in [-0.39, 0.29) is 23.1 Å². The van der Waals surface area contributed by atoms with Gasteiger partial charge in [-0.25, -0.2) is 4.39 Å². The van der Waals surface area contributed by atoms with Gasteiger partial charge in [-0.1, -0.05) is 18.2 Å². The first-order chi connectivity index (χ1) is 13.0. The van der Waals surface area contributed by atoms with Gasteiger partial charge in [0.2, 0.25) is 11.7 Å². The Labute approximate surface area is 161 Å². The smallest absolute Gasteiger partial charge is 0.242 e. The van der Waals surface area contributed by atoms with Crippen LogP contribution in [0.3, 0.4) is 0 Å². The van der Waals surface area contributed by atoms with Crippen LogP contribution in [0.15, 0.2) is 36.4 Å². The summed E-state index contributed by atoms with van der Waals surface area (Å²) in [5.74, 6) is 0.460. The Morgan fingerprint density at radius 1 is 1.00 bits per heavy atom. The molecule has 0 unspecified atom stereocenters. The normalized spacial score (nSPS) is 9.93. The number of hydrogen-bond donors (Lipinski definition) is 3. The standard InChI is InChI=1S/C18H20FN3O4S/c1-24-14-9-8-11(16(25-2)17(14)26-3)10-15(23)21-22-18(27)20-13-7-5-4-6-12(13)19/h4-9H,10H2,1-3H3,(H,21,23)(H2,20,22,27). The highest BCUT2D eigenvalue weighted by molar-refractivity contribution is 7.80. The number of rotatable bonds is 6. The zero-order chi connectivity index (χ0) is 19.8. The van der Waals surface area contributed by atoms with Gasteiger partial charge in [-0.2, -0.15) is 0 Å². The Balaban J connectivity index is 1.98. The molecule has 0 spiro atoms. The van der Waals surface area contributed by atoms with Crippen LogP contribution >= 0.6 is 12.2 Å². The van der Waals surface area contributed by atoms with E-state index in [9.17, 15) is 9.18 Å². The van der Waals surface area contributed by atoms with E-state index in [4.69, 9.17) is 26.4 Å². The third-order valence-electron chi connectivity index (χ3n) is 3.57. The number of para-hydroxylation sites is 1. The van der Waals surface area contributed by atoms with E-state index in [1.807, 2.05) is 0 Å². The number of amides is 1. The van der Waals surface area contributed by atoms with Crippen molar-refractivity contribution in [3.63, 3.8) is 0 Å². The average Bonchev–Trinajstić information content (AvgIpc) is 2.67. The minimum atomic E-state index is -0.456. The molecule has 0 saturated heterocycles. The molecule has 0 aromatic heterocycles. The maximum absolute atomic E-state index is 13.6. The summed E-state index contributed by atoms with van der Waals surface area (Å²) in [6.45, 7) is 0. The van der Waals surface area contributed by atoms with Gasteiger partial charge < -0.3 is 19.5 Å². The number of hydrogen-bond acceptors (Lipinski definition) is 5. The minimum Gasteiger partial charge on any atom is -0.493 e. The molecule has 1 amide bonds. The van der Waals surface area contributed by atoms with E-state index < -0.39 is 5.82 Å². The highest BCUT2D eigenvalue weighted by Gasteiger charge is 2.18. The lowest BCUT2D eigenvalue weighted by Crippen LogP contribution is -2.44. The van der Waals surface area contributed by atoms with Crippen molar-refractivity contribution in [1.29, 1.82) is 0 Å². The summed E-state index contributed by atoms with van der Waals surface area (Å²) in [5, 5.41) is 2.70. The second-order valence-corrected chi connectivity index (χ2v) is 5.69. The highest BCUT2D eigenvalue weighted by atomic mass is 32.1. The zero-order valence-electron chi connectivity index (χ0n) is 15.1. The molecule has 0 radical (unpaired) electrons. The van der Waals surface area contributed by atoms with Crippen LogP contribution in [0, 0.1) is 5.82 Å². The van der Waals surface area contributed by atoms with Gasteiger partial charge in [0, 0.05) is 5.56 Å². The maximum atomic E-state index is 13.6. The number of thiocarbonyl (C=S) groups is 1. The molecule has 2 rings (SSSR count). The van der Waals surface area contributed by atoms with Gasteiger partial charge in [-0.15, -0.1) is 0 Å². The molecule has 0 heterocycles. The van der Waals surface area contributed by atoms with Gasteiger partial charge >= 0.3 is 0 Å². The van der Waals surface area contributed by atoms with Crippen molar-refractivity contribution in [2.24, 2.45) is 0 Å². The monoisotopic (exact) mass is 393 g/mol. The SMILES string of the molecule is COc1ccc(CC(=O)NNC(=S)Nc2ccccc2F)c(OC)c1OC. The molecule has 2 aromatic carbocycles. The van der Waals surface area contributed by atoms with Crippen molar-refractivity contribution < 1.29 is 23.4 Å². The first kappa shape index (κ1) is 20.2. The topological polar surface area (TPSA) is 80.9 Å². The number of carbonyl (C=O) groups excluding carboxylic acids is 1. The summed E-state index contributed by atoms with van der Waals surface area (Å²) < 4.78 is 29.4. The molecule has 0 bridgehead atoms. The number of nitrogens with one attached hydrogen (secondary N) is 3. The molecule has 144 valence electrons. The summed E-state index contributed by atoms with van der Waals surface area (Å²) >= 11 is 5.03. The van der Waals surface area contributed by atoms with E-state index in [2.05, 4.69) is 16.2 Å². The van der Waals surface area contributed by atoms with Crippen LogP contribution in [-0.4, -0.2) is 32.3 Å². The second kappa shape index (κ2) is 9.58. The summed E-state index contributed by atoms with van der Waals surface area (Å²) in [6, 6.07) is 9.44. The lowest BCUT2D eigenvalue weighted by molar-refractivity contribution is -0.121. The van der Waals surface area contributed by atoms with E-state index >= 15 is 0 Å². The Kier molecular flexibility index (Phi) is 7.18.